The molecular weight excluding hydrogens is 176 g/mol. The maximum atomic E-state index is 9.18. The molecule has 0 spiro atoms. The molecule has 1 aromatic heterocycles. The molecule has 1 atom stereocenters. The van der Waals surface area contributed by atoms with E-state index in [0.717, 1.165) is 25.2 Å². The normalized spacial score (nSPS) is 21.6. The highest BCUT2D eigenvalue weighted by Crippen LogP contribution is 2.23. The van der Waals surface area contributed by atoms with Crippen LogP contribution in [0.1, 0.15) is 18.4 Å². The SMILES string of the molecule is Cc1ccc(N2CCC[C@@H]2CO)nc1. The molecule has 1 aromatic rings. The molecule has 2 rings (SSSR count). The van der Waals surface area contributed by atoms with Gasteiger partial charge in [-0.05, 0) is 31.4 Å². The Kier molecular flexibility index (Phi) is 2.68. The molecule has 1 fully saturated rings. The van der Waals surface area contributed by atoms with Crippen LogP contribution in [-0.4, -0.2) is 29.3 Å². The van der Waals surface area contributed by atoms with Crippen LogP contribution >= 0.6 is 0 Å². The first-order chi connectivity index (χ1) is 6.81. The van der Waals surface area contributed by atoms with Crippen LogP contribution < -0.4 is 4.90 Å². The van der Waals surface area contributed by atoms with Gasteiger partial charge in [-0.3, -0.25) is 0 Å². The third kappa shape index (κ3) is 1.73. The van der Waals surface area contributed by atoms with E-state index in [2.05, 4.69) is 16.0 Å². The van der Waals surface area contributed by atoms with E-state index in [1.54, 1.807) is 0 Å². The fourth-order valence-electron chi connectivity index (χ4n) is 1.96. The zero-order valence-electron chi connectivity index (χ0n) is 8.48. The number of aliphatic hydroxyl groups is 1. The summed E-state index contributed by atoms with van der Waals surface area (Å²) in [5.74, 6) is 0.993. The van der Waals surface area contributed by atoms with Crippen molar-refractivity contribution >= 4 is 5.82 Å². The van der Waals surface area contributed by atoms with E-state index in [1.807, 2.05) is 19.2 Å². The van der Waals surface area contributed by atoms with Gasteiger partial charge in [0.25, 0.3) is 0 Å². The van der Waals surface area contributed by atoms with Crippen molar-refractivity contribution in [3.8, 4) is 0 Å². The minimum Gasteiger partial charge on any atom is -0.394 e. The van der Waals surface area contributed by atoms with Crippen molar-refractivity contribution in [3.63, 3.8) is 0 Å². The number of aliphatic hydroxyl groups excluding tert-OH is 1. The third-order valence-corrected chi connectivity index (χ3v) is 2.78. The average Bonchev–Trinajstić information content (AvgIpc) is 2.67. The van der Waals surface area contributed by atoms with Crippen LogP contribution in [0.4, 0.5) is 5.82 Å². The highest BCUT2D eigenvalue weighted by Gasteiger charge is 2.24. The average molecular weight is 192 g/mol. The summed E-state index contributed by atoms with van der Waals surface area (Å²) in [7, 11) is 0. The van der Waals surface area contributed by atoms with Crippen LogP contribution in [0, 0.1) is 6.92 Å². The number of rotatable bonds is 2. The topological polar surface area (TPSA) is 36.4 Å². The molecule has 0 unspecified atom stereocenters. The maximum absolute atomic E-state index is 9.18. The van der Waals surface area contributed by atoms with E-state index in [-0.39, 0.29) is 12.6 Å². The number of hydrogen-bond donors (Lipinski definition) is 1. The molecule has 0 saturated carbocycles. The first-order valence-electron chi connectivity index (χ1n) is 5.11. The van der Waals surface area contributed by atoms with Crippen LogP contribution in [0.3, 0.4) is 0 Å². The van der Waals surface area contributed by atoms with Gasteiger partial charge in [-0.25, -0.2) is 4.98 Å². The maximum Gasteiger partial charge on any atom is 0.128 e. The molecule has 0 bridgehead atoms. The Morgan fingerprint density at radius 1 is 1.57 bits per heavy atom. The summed E-state index contributed by atoms with van der Waals surface area (Å²) < 4.78 is 0. The van der Waals surface area contributed by atoms with Gasteiger partial charge >= 0.3 is 0 Å². The van der Waals surface area contributed by atoms with E-state index < -0.39 is 0 Å². The fraction of sp³-hybridized carbons (Fsp3) is 0.545. The third-order valence-electron chi connectivity index (χ3n) is 2.78. The molecule has 1 aliphatic rings. The van der Waals surface area contributed by atoms with Crippen molar-refractivity contribution in [1.82, 2.24) is 4.98 Å². The molecule has 0 aromatic carbocycles. The molecule has 3 heteroatoms. The van der Waals surface area contributed by atoms with Gasteiger partial charge in [-0.1, -0.05) is 6.07 Å². The predicted octanol–water partition coefficient (Wildman–Crippen LogP) is 1.35. The smallest absolute Gasteiger partial charge is 0.128 e. The number of pyridine rings is 1. The molecule has 0 radical (unpaired) electrons. The van der Waals surface area contributed by atoms with Gasteiger partial charge in [-0.2, -0.15) is 0 Å². The quantitative estimate of drug-likeness (QED) is 0.768. The summed E-state index contributed by atoms with van der Waals surface area (Å²) in [5.41, 5.74) is 1.17. The number of anilines is 1. The zero-order chi connectivity index (χ0) is 9.97. The summed E-state index contributed by atoms with van der Waals surface area (Å²) >= 11 is 0. The minimum atomic E-state index is 0.232. The van der Waals surface area contributed by atoms with Crippen molar-refractivity contribution in [1.29, 1.82) is 0 Å². The number of hydrogen-bond acceptors (Lipinski definition) is 3. The summed E-state index contributed by atoms with van der Waals surface area (Å²) in [6.45, 7) is 3.28. The van der Waals surface area contributed by atoms with Crippen molar-refractivity contribution in [2.45, 2.75) is 25.8 Å². The summed E-state index contributed by atoms with van der Waals surface area (Å²) in [4.78, 5) is 6.57. The number of aromatic nitrogens is 1. The Labute approximate surface area is 84.4 Å². The van der Waals surface area contributed by atoms with Crippen molar-refractivity contribution < 1.29 is 5.11 Å². The molecule has 1 N–H and O–H groups in total. The fourth-order valence-corrected chi connectivity index (χ4v) is 1.96. The molecule has 1 aliphatic heterocycles. The lowest BCUT2D eigenvalue weighted by Crippen LogP contribution is -2.32. The second-order valence-electron chi connectivity index (χ2n) is 3.87. The lowest BCUT2D eigenvalue weighted by Gasteiger charge is -2.23. The highest BCUT2D eigenvalue weighted by atomic mass is 16.3. The van der Waals surface area contributed by atoms with Crippen molar-refractivity contribution in [2.75, 3.05) is 18.1 Å². The van der Waals surface area contributed by atoms with Gasteiger partial charge in [0, 0.05) is 12.7 Å². The molecule has 3 nitrogen and oxygen atoms in total. The molecule has 76 valence electrons. The van der Waals surface area contributed by atoms with Gasteiger partial charge in [0.15, 0.2) is 0 Å². The predicted molar refractivity (Wildman–Crippen MR) is 56.4 cm³/mol. The highest BCUT2D eigenvalue weighted by molar-refractivity contribution is 5.41. The van der Waals surface area contributed by atoms with E-state index >= 15 is 0 Å². The standard InChI is InChI=1S/C11H16N2O/c1-9-4-5-11(12-7-9)13-6-2-3-10(13)8-14/h4-5,7,10,14H,2-3,6,8H2,1H3/t10-/m1/s1. The summed E-state index contributed by atoms with van der Waals surface area (Å²) in [6.07, 6.45) is 4.11. The van der Waals surface area contributed by atoms with Gasteiger partial charge < -0.3 is 10.0 Å². The zero-order valence-corrected chi connectivity index (χ0v) is 8.48. The molecule has 0 amide bonds. The Morgan fingerprint density at radius 3 is 3.07 bits per heavy atom. The largest absolute Gasteiger partial charge is 0.394 e. The van der Waals surface area contributed by atoms with E-state index in [4.69, 9.17) is 0 Å². The Morgan fingerprint density at radius 2 is 2.43 bits per heavy atom. The van der Waals surface area contributed by atoms with Crippen molar-refractivity contribution in [3.05, 3.63) is 23.9 Å². The Balaban J connectivity index is 2.17. The van der Waals surface area contributed by atoms with Crippen LogP contribution in [0.15, 0.2) is 18.3 Å². The van der Waals surface area contributed by atoms with Crippen LogP contribution in [0.2, 0.25) is 0 Å². The minimum absolute atomic E-state index is 0.232. The molecule has 0 aliphatic carbocycles. The summed E-state index contributed by atoms with van der Waals surface area (Å²) in [6, 6.07) is 4.36. The Bertz CT molecular complexity index is 297. The van der Waals surface area contributed by atoms with Gasteiger partial charge in [0.05, 0.1) is 12.6 Å². The van der Waals surface area contributed by atoms with Crippen molar-refractivity contribution in [2.24, 2.45) is 0 Å². The second kappa shape index (κ2) is 3.96. The van der Waals surface area contributed by atoms with Gasteiger partial charge in [0.2, 0.25) is 0 Å². The molecule has 2 heterocycles. The second-order valence-corrected chi connectivity index (χ2v) is 3.87. The number of nitrogens with zero attached hydrogens (tertiary/aromatic N) is 2. The first-order valence-corrected chi connectivity index (χ1v) is 5.11. The van der Waals surface area contributed by atoms with E-state index in [9.17, 15) is 5.11 Å². The monoisotopic (exact) mass is 192 g/mol. The van der Waals surface area contributed by atoms with E-state index in [0.29, 0.717) is 0 Å². The van der Waals surface area contributed by atoms with E-state index in [1.165, 1.54) is 5.56 Å². The first kappa shape index (κ1) is 9.46. The lowest BCUT2D eigenvalue weighted by atomic mass is 10.2. The molecule has 1 saturated heterocycles. The van der Waals surface area contributed by atoms with Crippen LogP contribution in [0.25, 0.3) is 0 Å². The van der Waals surface area contributed by atoms with Crippen LogP contribution in [-0.2, 0) is 0 Å². The lowest BCUT2D eigenvalue weighted by molar-refractivity contribution is 0.266. The number of aryl methyl sites for hydroxylation is 1. The van der Waals surface area contributed by atoms with Gasteiger partial charge in [0.1, 0.15) is 5.82 Å². The van der Waals surface area contributed by atoms with Gasteiger partial charge in [-0.15, -0.1) is 0 Å². The molecule has 14 heavy (non-hydrogen) atoms. The summed E-state index contributed by atoms with van der Waals surface area (Å²) in [5, 5.41) is 9.18. The van der Waals surface area contributed by atoms with Crippen LogP contribution in [0.5, 0.6) is 0 Å². The Hall–Kier alpha value is -1.09. The molecular formula is C11H16N2O.